The minimum Gasteiger partial charge on any atom is -0.492 e. The highest BCUT2D eigenvalue weighted by atomic mass is 32.2. The molecular weight excluding hydrogens is 352 g/mol. The van der Waals surface area contributed by atoms with E-state index in [1.54, 1.807) is 55.5 Å². The van der Waals surface area contributed by atoms with Crippen molar-refractivity contribution in [3.05, 3.63) is 54.1 Å². The molecule has 0 fully saturated rings. The van der Waals surface area contributed by atoms with Gasteiger partial charge in [0.05, 0.1) is 17.2 Å². The van der Waals surface area contributed by atoms with Gasteiger partial charge in [-0.1, -0.05) is 29.8 Å². The monoisotopic (exact) mass is 376 g/mol. The fourth-order valence-corrected chi connectivity index (χ4v) is 3.89. The number of anilines is 1. The molecule has 2 rings (SSSR count). The van der Waals surface area contributed by atoms with Gasteiger partial charge in [-0.05, 0) is 45.0 Å². The van der Waals surface area contributed by atoms with Crippen LogP contribution in [-0.4, -0.2) is 34.0 Å². The Morgan fingerprint density at radius 2 is 1.73 bits per heavy atom. The van der Waals surface area contributed by atoms with Crippen molar-refractivity contribution in [2.75, 3.05) is 24.0 Å². The Bertz CT molecular complexity index is 848. The lowest BCUT2D eigenvalue weighted by atomic mass is 10.2. The maximum atomic E-state index is 13.2. The van der Waals surface area contributed by atoms with Crippen LogP contribution in [0.1, 0.15) is 19.4 Å². The zero-order valence-corrected chi connectivity index (χ0v) is 16.0. The quantitative estimate of drug-likeness (QED) is 0.769. The summed E-state index contributed by atoms with van der Waals surface area (Å²) in [6, 6.07) is 13.3. The van der Waals surface area contributed by atoms with Crippen molar-refractivity contribution in [2.24, 2.45) is 0 Å². The van der Waals surface area contributed by atoms with Gasteiger partial charge in [-0.3, -0.25) is 9.10 Å². The Morgan fingerprint density at radius 1 is 1.08 bits per heavy atom. The molecule has 0 aromatic heterocycles. The number of para-hydroxylation sites is 2. The molecule has 1 amide bonds. The van der Waals surface area contributed by atoms with Crippen molar-refractivity contribution in [3.63, 3.8) is 0 Å². The zero-order chi connectivity index (χ0) is 19.2. The molecule has 0 radical (unpaired) electrons. The van der Waals surface area contributed by atoms with Gasteiger partial charge in [0, 0.05) is 6.54 Å². The van der Waals surface area contributed by atoms with Crippen LogP contribution in [0, 0.1) is 6.92 Å². The SMILES string of the molecule is CCNC(=O)CN(c1ccccc1OCC)S(=O)(=O)c1ccc(C)cc1. The van der Waals surface area contributed by atoms with Crippen LogP contribution < -0.4 is 14.4 Å². The number of hydrogen-bond acceptors (Lipinski definition) is 4. The van der Waals surface area contributed by atoms with E-state index in [-0.39, 0.29) is 17.3 Å². The molecule has 2 aromatic carbocycles. The van der Waals surface area contributed by atoms with E-state index in [1.807, 2.05) is 13.8 Å². The van der Waals surface area contributed by atoms with E-state index in [2.05, 4.69) is 5.32 Å². The van der Waals surface area contributed by atoms with E-state index in [1.165, 1.54) is 0 Å². The molecule has 0 aliphatic carbocycles. The lowest BCUT2D eigenvalue weighted by Gasteiger charge is -2.26. The summed E-state index contributed by atoms with van der Waals surface area (Å²) in [5.74, 6) is 0.0319. The summed E-state index contributed by atoms with van der Waals surface area (Å²) >= 11 is 0. The van der Waals surface area contributed by atoms with Gasteiger partial charge in [0.15, 0.2) is 0 Å². The van der Waals surface area contributed by atoms with Crippen LogP contribution >= 0.6 is 0 Å². The van der Waals surface area contributed by atoms with Gasteiger partial charge >= 0.3 is 0 Å². The summed E-state index contributed by atoms with van der Waals surface area (Å²) in [7, 11) is -3.93. The van der Waals surface area contributed by atoms with Crippen molar-refractivity contribution in [2.45, 2.75) is 25.7 Å². The van der Waals surface area contributed by atoms with Gasteiger partial charge in [-0.25, -0.2) is 8.42 Å². The normalized spacial score (nSPS) is 11.0. The van der Waals surface area contributed by atoms with Crippen LogP contribution in [0.3, 0.4) is 0 Å². The second-order valence-electron chi connectivity index (χ2n) is 5.68. The Hall–Kier alpha value is -2.54. The van der Waals surface area contributed by atoms with E-state index >= 15 is 0 Å². The number of rotatable bonds is 8. The van der Waals surface area contributed by atoms with E-state index in [9.17, 15) is 13.2 Å². The van der Waals surface area contributed by atoms with E-state index < -0.39 is 10.0 Å². The Kier molecular flexibility index (Phi) is 6.63. The Morgan fingerprint density at radius 3 is 2.35 bits per heavy atom. The fraction of sp³-hybridized carbons (Fsp3) is 0.316. The third-order valence-corrected chi connectivity index (χ3v) is 5.48. The summed E-state index contributed by atoms with van der Waals surface area (Å²) < 4.78 is 33.1. The van der Waals surface area contributed by atoms with Crippen molar-refractivity contribution < 1.29 is 17.9 Å². The number of aryl methyl sites for hydroxylation is 1. The number of ether oxygens (including phenoxy) is 1. The minimum atomic E-state index is -3.93. The van der Waals surface area contributed by atoms with Gasteiger partial charge in [0.1, 0.15) is 12.3 Å². The smallest absolute Gasteiger partial charge is 0.264 e. The third kappa shape index (κ3) is 4.54. The summed E-state index contributed by atoms with van der Waals surface area (Å²) in [6.45, 7) is 5.96. The molecule has 0 aliphatic heterocycles. The number of nitrogens with one attached hydrogen (secondary N) is 1. The van der Waals surface area contributed by atoms with Crippen molar-refractivity contribution >= 4 is 21.6 Å². The molecule has 1 N–H and O–H groups in total. The topological polar surface area (TPSA) is 75.7 Å². The first kappa shape index (κ1) is 19.8. The highest BCUT2D eigenvalue weighted by Crippen LogP contribution is 2.32. The Balaban J connectivity index is 2.54. The second-order valence-corrected chi connectivity index (χ2v) is 7.54. The number of sulfonamides is 1. The second kappa shape index (κ2) is 8.71. The van der Waals surface area contributed by atoms with Gasteiger partial charge in [0.2, 0.25) is 5.91 Å². The summed E-state index contributed by atoms with van der Waals surface area (Å²) in [5, 5.41) is 2.64. The van der Waals surface area contributed by atoms with Crippen LogP contribution in [0.4, 0.5) is 5.69 Å². The standard InChI is InChI=1S/C19H24N2O4S/c1-4-20-19(22)14-21(17-8-6-7-9-18(17)25-5-2)26(23,24)16-12-10-15(3)11-13-16/h6-13H,4-5,14H2,1-3H3,(H,20,22). The molecule has 0 unspecified atom stereocenters. The predicted molar refractivity (Wildman–Crippen MR) is 102 cm³/mol. The number of benzene rings is 2. The van der Waals surface area contributed by atoms with Crippen molar-refractivity contribution in [1.29, 1.82) is 0 Å². The van der Waals surface area contributed by atoms with Gasteiger partial charge < -0.3 is 10.1 Å². The van der Waals surface area contributed by atoms with Gasteiger partial charge in [-0.2, -0.15) is 0 Å². The molecule has 0 spiro atoms. The summed E-state index contributed by atoms with van der Waals surface area (Å²) in [6.07, 6.45) is 0. The first-order valence-corrected chi connectivity index (χ1v) is 9.92. The van der Waals surface area contributed by atoms with E-state index in [0.29, 0.717) is 24.6 Å². The largest absolute Gasteiger partial charge is 0.492 e. The molecule has 0 heterocycles. The van der Waals surface area contributed by atoms with Crippen molar-refractivity contribution in [1.82, 2.24) is 5.32 Å². The van der Waals surface area contributed by atoms with Crippen LogP contribution in [-0.2, 0) is 14.8 Å². The molecular formula is C19H24N2O4S. The highest BCUT2D eigenvalue weighted by Gasteiger charge is 2.29. The average Bonchev–Trinajstić information content (AvgIpc) is 2.61. The molecule has 0 atom stereocenters. The van der Waals surface area contributed by atoms with Gasteiger partial charge in [0.25, 0.3) is 10.0 Å². The molecule has 7 heteroatoms. The molecule has 6 nitrogen and oxygen atoms in total. The number of likely N-dealkylation sites (N-methyl/N-ethyl adjacent to an activating group) is 1. The van der Waals surface area contributed by atoms with Crippen LogP contribution in [0.2, 0.25) is 0 Å². The minimum absolute atomic E-state index is 0.124. The maximum absolute atomic E-state index is 13.2. The molecule has 2 aromatic rings. The maximum Gasteiger partial charge on any atom is 0.264 e. The van der Waals surface area contributed by atoms with Crippen LogP contribution in [0.15, 0.2) is 53.4 Å². The third-order valence-electron chi connectivity index (χ3n) is 3.70. The summed E-state index contributed by atoms with van der Waals surface area (Å²) in [4.78, 5) is 12.3. The summed E-state index contributed by atoms with van der Waals surface area (Å²) in [5.41, 5.74) is 1.29. The molecule has 140 valence electrons. The van der Waals surface area contributed by atoms with Crippen LogP contribution in [0.5, 0.6) is 5.75 Å². The van der Waals surface area contributed by atoms with Crippen LogP contribution in [0.25, 0.3) is 0 Å². The lowest BCUT2D eigenvalue weighted by molar-refractivity contribution is -0.119. The first-order valence-electron chi connectivity index (χ1n) is 8.48. The highest BCUT2D eigenvalue weighted by molar-refractivity contribution is 7.92. The van der Waals surface area contributed by atoms with Crippen molar-refractivity contribution in [3.8, 4) is 5.75 Å². The lowest BCUT2D eigenvalue weighted by Crippen LogP contribution is -2.41. The number of amides is 1. The zero-order valence-electron chi connectivity index (χ0n) is 15.2. The number of hydrogen-bond donors (Lipinski definition) is 1. The van der Waals surface area contributed by atoms with E-state index in [4.69, 9.17) is 4.74 Å². The van der Waals surface area contributed by atoms with Gasteiger partial charge in [-0.15, -0.1) is 0 Å². The number of carbonyl (C=O) groups excluding carboxylic acids is 1. The average molecular weight is 376 g/mol. The first-order chi connectivity index (χ1) is 12.4. The molecule has 0 aliphatic rings. The van der Waals surface area contributed by atoms with E-state index in [0.717, 1.165) is 9.87 Å². The fourth-order valence-electron chi connectivity index (χ4n) is 2.46. The molecule has 26 heavy (non-hydrogen) atoms. The molecule has 0 bridgehead atoms. The number of nitrogens with zero attached hydrogens (tertiary/aromatic N) is 1. The number of carbonyl (C=O) groups is 1. The molecule has 0 saturated heterocycles. The predicted octanol–water partition coefficient (Wildman–Crippen LogP) is 2.73. The Labute approximate surface area is 154 Å². The molecule has 0 saturated carbocycles.